The minimum atomic E-state index is -3.41. The largest absolute Gasteiger partial charge is 0.326 e. The fourth-order valence-electron chi connectivity index (χ4n) is 2.70. The lowest BCUT2D eigenvalue weighted by atomic mass is 10.0. The highest BCUT2D eigenvalue weighted by Gasteiger charge is 2.35. The maximum Gasteiger partial charge on any atom is 0.243 e. The predicted molar refractivity (Wildman–Crippen MR) is 80.9 cm³/mol. The zero-order valence-corrected chi connectivity index (χ0v) is 13.5. The molecule has 1 aliphatic heterocycles. The van der Waals surface area contributed by atoms with Crippen LogP contribution < -0.4 is 5.73 Å². The number of benzene rings is 1. The molecule has 1 saturated heterocycles. The lowest BCUT2D eigenvalue weighted by Crippen LogP contribution is -2.30. The molecule has 2 atom stereocenters. The molecular weight excluding hydrogens is 272 g/mol. The van der Waals surface area contributed by atoms with Gasteiger partial charge < -0.3 is 5.73 Å². The van der Waals surface area contributed by atoms with Gasteiger partial charge in [-0.15, -0.1) is 0 Å². The van der Waals surface area contributed by atoms with Gasteiger partial charge in [0.2, 0.25) is 10.0 Å². The molecule has 1 heterocycles. The van der Waals surface area contributed by atoms with Crippen LogP contribution >= 0.6 is 0 Å². The van der Waals surface area contributed by atoms with E-state index in [-0.39, 0.29) is 0 Å². The van der Waals surface area contributed by atoms with Crippen LogP contribution in [0, 0.1) is 25.7 Å². The zero-order valence-electron chi connectivity index (χ0n) is 12.7. The van der Waals surface area contributed by atoms with E-state index in [9.17, 15) is 8.42 Å². The van der Waals surface area contributed by atoms with Crippen molar-refractivity contribution in [1.82, 2.24) is 4.31 Å². The molecular formula is C15H24N2O2S. The third-order valence-corrected chi connectivity index (χ3v) is 6.45. The Hall–Kier alpha value is -0.910. The first-order valence-electron chi connectivity index (χ1n) is 7.07. The molecule has 0 saturated carbocycles. The summed E-state index contributed by atoms with van der Waals surface area (Å²) in [6, 6.07) is 3.69. The molecule has 1 fully saturated rings. The van der Waals surface area contributed by atoms with Gasteiger partial charge in [0.15, 0.2) is 0 Å². The van der Waals surface area contributed by atoms with Crippen molar-refractivity contribution >= 4 is 10.0 Å². The molecule has 5 heteroatoms. The van der Waals surface area contributed by atoms with Crippen LogP contribution in [-0.4, -0.2) is 25.8 Å². The molecule has 0 spiro atoms. The van der Waals surface area contributed by atoms with Crippen LogP contribution in [0.15, 0.2) is 17.0 Å². The molecule has 2 N–H and O–H groups in total. The first kappa shape index (κ1) is 15.5. The van der Waals surface area contributed by atoms with Crippen LogP contribution in [0.4, 0.5) is 0 Å². The second-order valence-corrected chi connectivity index (χ2v) is 7.92. The van der Waals surface area contributed by atoms with Gasteiger partial charge >= 0.3 is 0 Å². The number of nitrogens with zero attached hydrogens (tertiary/aromatic N) is 1. The van der Waals surface area contributed by atoms with Gasteiger partial charge in [0.25, 0.3) is 0 Å². The van der Waals surface area contributed by atoms with Crippen LogP contribution in [0.25, 0.3) is 0 Å². The average Bonchev–Trinajstić information content (AvgIpc) is 2.73. The monoisotopic (exact) mass is 296 g/mol. The van der Waals surface area contributed by atoms with Gasteiger partial charge in [0, 0.05) is 19.6 Å². The first-order chi connectivity index (χ1) is 9.27. The number of aryl methyl sites for hydroxylation is 1. The number of rotatable bonds is 3. The highest BCUT2D eigenvalue weighted by Crippen LogP contribution is 2.30. The van der Waals surface area contributed by atoms with E-state index < -0.39 is 10.0 Å². The highest BCUT2D eigenvalue weighted by atomic mass is 32.2. The predicted octanol–water partition coefficient (Wildman–Crippen LogP) is 2.04. The molecule has 0 amide bonds. The van der Waals surface area contributed by atoms with Crippen molar-refractivity contribution < 1.29 is 8.42 Å². The third kappa shape index (κ3) is 2.62. The quantitative estimate of drug-likeness (QED) is 0.928. The molecule has 0 aromatic heterocycles. The maximum atomic E-state index is 12.9. The van der Waals surface area contributed by atoms with Gasteiger partial charge in [0.1, 0.15) is 0 Å². The van der Waals surface area contributed by atoms with E-state index in [4.69, 9.17) is 5.73 Å². The normalized spacial score (nSPS) is 24.2. The summed E-state index contributed by atoms with van der Waals surface area (Å²) in [6.07, 6.45) is 0. The highest BCUT2D eigenvalue weighted by molar-refractivity contribution is 7.89. The second-order valence-electron chi connectivity index (χ2n) is 6.02. The Labute approximate surface area is 122 Å². The summed E-state index contributed by atoms with van der Waals surface area (Å²) in [5.41, 5.74) is 8.34. The minimum Gasteiger partial charge on any atom is -0.326 e. The molecule has 1 aliphatic rings. The van der Waals surface area contributed by atoms with Crippen molar-refractivity contribution in [3.05, 3.63) is 28.8 Å². The van der Waals surface area contributed by atoms with Gasteiger partial charge in [0.05, 0.1) is 4.90 Å². The van der Waals surface area contributed by atoms with Gasteiger partial charge in [-0.3, -0.25) is 0 Å². The number of sulfonamides is 1. The summed E-state index contributed by atoms with van der Waals surface area (Å²) in [4.78, 5) is 0.416. The topological polar surface area (TPSA) is 63.4 Å². The Morgan fingerprint density at radius 1 is 1.20 bits per heavy atom. The smallest absolute Gasteiger partial charge is 0.243 e. The summed E-state index contributed by atoms with van der Waals surface area (Å²) in [7, 11) is -3.41. The lowest BCUT2D eigenvalue weighted by Gasteiger charge is -2.19. The average molecular weight is 296 g/mol. The summed E-state index contributed by atoms with van der Waals surface area (Å²) >= 11 is 0. The van der Waals surface area contributed by atoms with E-state index in [0.29, 0.717) is 36.4 Å². The van der Waals surface area contributed by atoms with Crippen molar-refractivity contribution in [1.29, 1.82) is 0 Å². The Balaban J connectivity index is 2.47. The SMILES string of the molecule is Cc1cc(CN)cc(S(=O)(=O)N2CC(C)C(C)C2)c1C. The molecule has 0 aliphatic carbocycles. The van der Waals surface area contributed by atoms with Gasteiger partial charge in [-0.25, -0.2) is 8.42 Å². The fourth-order valence-corrected chi connectivity index (χ4v) is 4.69. The molecule has 20 heavy (non-hydrogen) atoms. The van der Waals surface area contributed by atoms with Crippen molar-refractivity contribution in [3.63, 3.8) is 0 Å². The molecule has 112 valence electrons. The number of nitrogens with two attached hydrogens (primary N) is 1. The van der Waals surface area contributed by atoms with Crippen molar-refractivity contribution in [3.8, 4) is 0 Å². The van der Waals surface area contributed by atoms with E-state index in [1.54, 1.807) is 10.4 Å². The van der Waals surface area contributed by atoms with Crippen LogP contribution in [0.2, 0.25) is 0 Å². The van der Waals surface area contributed by atoms with Gasteiger partial charge in [-0.2, -0.15) is 4.31 Å². The minimum absolute atomic E-state index is 0.358. The zero-order chi connectivity index (χ0) is 15.1. The number of hydrogen-bond acceptors (Lipinski definition) is 3. The van der Waals surface area contributed by atoms with E-state index in [0.717, 1.165) is 16.7 Å². The third-order valence-electron chi connectivity index (χ3n) is 4.49. The van der Waals surface area contributed by atoms with Gasteiger partial charge in [-0.05, 0) is 48.4 Å². The van der Waals surface area contributed by atoms with Crippen molar-refractivity contribution in [2.45, 2.75) is 39.1 Å². The summed E-state index contributed by atoms with van der Waals surface area (Å²) in [6.45, 7) is 9.58. The van der Waals surface area contributed by atoms with E-state index in [1.165, 1.54) is 0 Å². The van der Waals surface area contributed by atoms with Crippen molar-refractivity contribution in [2.24, 2.45) is 17.6 Å². The number of hydrogen-bond donors (Lipinski definition) is 1. The Morgan fingerprint density at radius 3 is 2.25 bits per heavy atom. The molecule has 2 unspecified atom stereocenters. The van der Waals surface area contributed by atoms with Crippen LogP contribution in [0.5, 0.6) is 0 Å². The summed E-state index contributed by atoms with van der Waals surface area (Å²) in [5.74, 6) is 0.813. The Morgan fingerprint density at radius 2 is 1.75 bits per heavy atom. The van der Waals surface area contributed by atoms with Gasteiger partial charge in [-0.1, -0.05) is 19.9 Å². The molecule has 2 rings (SSSR count). The molecule has 4 nitrogen and oxygen atoms in total. The molecule has 1 aromatic carbocycles. The summed E-state index contributed by atoms with van der Waals surface area (Å²) < 4.78 is 27.3. The molecule has 0 radical (unpaired) electrons. The summed E-state index contributed by atoms with van der Waals surface area (Å²) in [5, 5.41) is 0. The lowest BCUT2D eigenvalue weighted by molar-refractivity contribution is 0.462. The second kappa shape index (κ2) is 5.47. The standard InChI is InChI=1S/C15H24N2O2S/c1-10-5-14(7-16)6-15(13(10)4)20(18,19)17-8-11(2)12(3)9-17/h5-6,11-12H,7-9,16H2,1-4H3. The first-order valence-corrected chi connectivity index (χ1v) is 8.51. The van der Waals surface area contributed by atoms with Crippen LogP contribution in [0.1, 0.15) is 30.5 Å². The Kier molecular flexibility index (Phi) is 4.23. The molecule has 0 bridgehead atoms. The van der Waals surface area contributed by atoms with E-state index >= 15 is 0 Å². The Bertz CT molecular complexity index is 601. The molecule has 1 aromatic rings. The van der Waals surface area contributed by atoms with Crippen molar-refractivity contribution in [2.75, 3.05) is 13.1 Å². The van der Waals surface area contributed by atoms with E-state index in [1.807, 2.05) is 19.9 Å². The van der Waals surface area contributed by atoms with E-state index in [2.05, 4.69) is 13.8 Å². The maximum absolute atomic E-state index is 12.9. The van der Waals surface area contributed by atoms with Crippen LogP contribution in [-0.2, 0) is 16.6 Å². The fraction of sp³-hybridized carbons (Fsp3) is 0.600. The van der Waals surface area contributed by atoms with Crippen LogP contribution in [0.3, 0.4) is 0 Å².